The van der Waals surface area contributed by atoms with Gasteiger partial charge in [-0.25, -0.2) is 0 Å². The Morgan fingerprint density at radius 1 is 1.31 bits per heavy atom. The van der Waals surface area contributed by atoms with Crippen LogP contribution in [0.25, 0.3) is 0 Å². The molecule has 0 amide bonds. The number of allylic oxidation sites excluding steroid dienone is 2. The molecule has 1 aromatic rings. The van der Waals surface area contributed by atoms with Crippen LogP contribution in [0.1, 0.15) is 0 Å². The van der Waals surface area contributed by atoms with Gasteiger partial charge >= 0.3 is 0 Å². The van der Waals surface area contributed by atoms with Crippen molar-refractivity contribution in [1.82, 2.24) is 5.32 Å². The van der Waals surface area contributed by atoms with Crippen molar-refractivity contribution in [3.63, 3.8) is 0 Å². The second-order valence-electron chi connectivity index (χ2n) is 2.87. The lowest BCUT2D eigenvalue weighted by Gasteiger charge is -2.00. The van der Waals surface area contributed by atoms with Crippen LogP contribution < -0.4 is 15.5 Å². The molecule has 0 bridgehead atoms. The first-order valence-corrected chi connectivity index (χ1v) is 4.35. The van der Waals surface area contributed by atoms with E-state index in [1.165, 1.54) is 5.59 Å². The molecular formula is C10H11BN2+. The first kappa shape index (κ1) is 8.11. The molecule has 0 saturated carbocycles. The van der Waals surface area contributed by atoms with Crippen LogP contribution in [0.4, 0.5) is 0 Å². The minimum atomic E-state index is 0.810. The summed E-state index contributed by atoms with van der Waals surface area (Å²) in [6, 6.07) is 6.17. The molecule has 1 aromatic heterocycles. The SMILES string of the molecule is [B]1/C=C\C=C/NC[n+]2ccccc21. The Morgan fingerprint density at radius 3 is 3.31 bits per heavy atom. The van der Waals surface area contributed by atoms with Crippen LogP contribution in [0.2, 0.25) is 0 Å². The maximum absolute atomic E-state index is 3.19. The van der Waals surface area contributed by atoms with Gasteiger partial charge in [0.15, 0.2) is 6.20 Å². The molecule has 0 spiro atoms. The van der Waals surface area contributed by atoms with Gasteiger partial charge in [0, 0.05) is 12.3 Å². The maximum Gasteiger partial charge on any atom is 0.272 e. The second-order valence-corrected chi connectivity index (χ2v) is 2.87. The van der Waals surface area contributed by atoms with E-state index in [2.05, 4.69) is 29.4 Å². The van der Waals surface area contributed by atoms with Gasteiger partial charge in [-0.15, -0.1) is 5.98 Å². The van der Waals surface area contributed by atoms with E-state index in [4.69, 9.17) is 0 Å². The summed E-state index contributed by atoms with van der Waals surface area (Å²) in [4.78, 5) is 0. The Morgan fingerprint density at radius 2 is 2.31 bits per heavy atom. The Labute approximate surface area is 78.8 Å². The number of rotatable bonds is 0. The van der Waals surface area contributed by atoms with E-state index in [1.54, 1.807) is 0 Å². The van der Waals surface area contributed by atoms with E-state index in [9.17, 15) is 0 Å². The van der Waals surface area contributed by atoms with E-state index < -0.39 is 0 Å². The zero-order chi connectivity index (χ0) is 8.93. The van der Waals surface area contributed by atoms with Crippen molar-refractivity contribution >= 4 is 12.9 Å². The number of hydrogen-bond acceptors (Lipinski definition) is 1. The predicted molar refractivity (Wildman–Crippen MR) is 53.4 cm³/mol. The average molecular weight is 170 g/mol. The molecule has 0 aliphatic carbocycles. The first-order valence-electron chi connectivity index (χ1n) is 4.35. The highest BCUT2D eigenvalue weighted by molar-refractivity contribution is 6.56. The highest BCUT2D eigenvalue weighted by Crippen LogP contribution is 1.80. The fourth-order valence-corrected chi connectivity index (χ4v) is 1.28. The molecule has 1 N–H and O–H groups in total. The van der Waals surface area contributed by atoms with Crippen molar-refractivity contribution < 1.29 is 4.57 Å². The van der Waals surface area contributed by atoms with Crippen molar-refractivity contribution in [2.24, 2.45) is 0 Å². The van der Waals surface area contributed by atoms with Crippen molar-refractivity contribution in [3.8, 4) is 0 Å². The highest BCUT2D eigenvalue weighted by Gasteiger charge is 2.07. The summed E-state index contributed by atoms with van der Waals surface area (Å²) >= 11 is 0. The van der Waals surface area contributed by atoms with Crippen molar-refractivity contribution in [2.75, 3.05) is 0 Å². The molecule has 0 fully saturated rings. The molecule has 0 aromatic carbocycles. The monoisotopic (exact) mass is 170 g/mol. The molecule has 1 aliphatic heterocycles. The summed E-state index contributed by atoms with van der Waals surface area (Å²) in [7, 11) is 2.09. The topological polar surface area (TPSA) is 15.9 Å². The highest BCUT2D eigenvalue weighted by atomic mass is 15.1. The smallest absolute Gasteiger partial charge is 0.272 e. The van der Waals surface area contributed by atoms with Crippen LogP contribution in [-0.2, 0) is 6.67 Å². The average Bonchev–Trinajstić information content (AvgIpc) is 2.28. The van der Waals surface area contributed by atoms with Gasteiger partial charge in [-0.05, 0) is 12.1 Å². The second kappa shape index (κ2) is 3.94. The summed E-state index contributed by atoms with van der Waals surface area (Å²) in [6.07, 6.45) is 8.00. The van der Waals surface area contributed by atoms with Gasteiger partial charge < -0.3 is 5.32 Å². The quantitative estimate of drug-likeness (QED) is 0.424. The minimum absolute atomic E-state index is 0.810. The van der Waals surface area contributed by atoms with Crippen molar-refractivity contribution in [2.45, 2.75) is 6.67 Å². The van der Waals surface area contributed by atoms with E-state index in [0.29, 0.717) is 0 Å². The lowest BCUT2D eigenvalue weighted by Crippen LogP contribution is -2.54. The number of nitrogens with one attached hydrogen (secondary N) is 1. The molecule has 63 valence electrons. The number of hydrogen-bond donors (Lipinski definition) is 1. The van der Waals surface area contributed by atoms with Crippen LogP contribution >= 0.6 is 0 Å². The number of fused-ring (bicyclic) bond motifs is 1. The first-order chi connectivity index (χ1) is 6.47. The van der Waals surface area contributed by atoms with Crippen LogP contribution in [0.15, 0.2) is 48.7 Å². The summed E-state index contributed by atoms with van der Waals surface area (Å²) < 4.78 is 2.15. The summed E-state index contributed by atoms with van der Waals surface area (Å²) in [5.74, 6) is 2.04. The van der Waals surface area contributed by atoms with Gasteiger partial charge in [-0.2, -0.15) is 4.57 Å². The van der Waals surface area contributed by atoms with Crippen LogP contribution in [-0.4, -0.2) is 7.28 Å². The van der Waals surface area contributed by atoms with Gasteiger partial charge in [0.25, 0.3) is 7.28 Å². The Hall–Kier alpha value is -1.51. The van der Waals surface area contributed by atoms with Crippen molar-refractivity contribution in [3.05, 3.63) is 48.7 Å². The largest absolute Gasteiger partial charge is 0.337 e. The van der Waals surface area contributed by atoms with Crippen LogP contribution in [0, 0.1) is 0 Å². The molecule has 1 aliphatic rings. The zero-order valence-electron chi connectivity index (χ0n) is 7.35. The maximum atomic E-state index is 3.19. The zero-order valence-corrected chi connectivity index (χ0v) is 7.35. The van der Waals surface area contributed by atoms with Gasteiger partial charge in [-0.3, -0.25) is 0 Å². The fourth-order valence-electron chi connectivity index (χ4n) is 1.28. The number of nitrogens with zero attached hydrogens (tertiary/aromatic N) is 1. The molecule has 2 rings (SSSR count). The fraction of sp³-hybridized carbons (Fsp3) is 0.100. The van der Waals surface area contributed by atoms with Gasteiger partial charge in [0.2, 0.25) is 6.67 Å². The summed E-state index contributed by atoms with van der Waals surface area (Å²) in [5, 5.41) is 3.19. The van der Waals surface area contributed by atoms with E-state index in [1.807, 2.05) is 36.5 Å². The van der Waals surface area contributed by atoms with E-state index in [-0.39, 0.29) is 0 Å². The molecule has 2 heterocycles. The van der Waals surface area contributed by atoms with Crippen molar-refractivity contribution in [1.29, 1.82) is 0 Å². The molecule has 3 heteroatoms. The van der Waals surface area contributed by atoms with Crippen LogP contribution in [0.3, 0.4) is 0 Å². The summed E-state index contributed by atoms with van der Waals surface area (Å²) in [5.41, 5.74) is 1.20. The van der Waals surface area contributed by atoms with E-state index in [0.717, 1.165) is 6.67 Å². The Balaban J connectivity index is 2.31. The van der Waals surface area contributed by atoms with Gasteiger partial charge in [0.05, 0.1) is 0 Å². The predicted octanol–water partition coefficient (Wildman–Crippen LogP) is -0.108. The standard InChI is InChI=1S/C10H11BN2/c1-4-8-13-9-12-7-3-2-6-11-10(13)5-1/h1-8,12H,9H2/q+1/b6-2-,7-3-. The minimum Gasteiger partial charge on any atom is -0.337 e. The number of aromatic nitrogens is 1. The molecule has 1 radical (unpaired) electrons. The van der Waals surface area contributed by atoms with Gasteiger partial charge in [0.1, 0.15) is 5.59 Å². The third-order valence-electron chi connectivity index (χ3n) is 1.94. The Bertz CT molecular complexity index is 345. The third kappa shape index (κ3) is 1.99. The number of pyridine rings is 1. The molecular weight excluding hydrogens is 159 g/mol. The summed E-state index contributed by atoms with van der Waals surface area (Å²) in [6.45, 7) is 0.810. The lowest BCUT2D eigenvalue weighted by molar-refractivity contribution is -0.683. The Kier molecular flexibility index (Phi) is 2.46. The lowest BCUT2D eigenvalue weighted by atomic mass is 9.73. The molecule has 0 unspecified atom stereocenters. The molecule has 0 atom stereocenters. The van der Waals surface area contributed by atoms with Crippen LogP contribution in [0.5, 0.6) is 0 Å². The third-order valence-corrected chi connectivity index (χ3v) is 1.94. The van der Waals surface area contributed by atoms with Gasteiger partial charge in [-0.1, -0.05) is 12.1 Å². The molecule has 2 nitrogen and oxygen atoms in total. The normalized spacial score (nSPS) is 19.4. The molecule has 0 saturated heterocycles. The van der Waals surface area contributed by atoms with E-state index >= 15 is 0 Å². The molecule has 13 heavy (non-hydrogen) atoms.